The number of aryl methyl sites for hydroxylation is 1. The van der Waals surface area contributed by atoms with Crippen LogP contribution in [-0.2, 0) is 16.0 Å². The lowest BCUT2D eigenvalue weighted by Crippen LogP contribution is -2.36. The average Bonchev–Trinajstić information content (AvgIpc) is 2.66. The number of nitrogens with one attached hydrogen (secondary N) is 1. The molecule has 0 atom stereocenters. The van der Waals surface area contributed by atoms with Crippen LogP contribution >= 0.6 is 11.6 Å². The number of halogens is 1. The summed E-state index contributed by atoms with van der Waals surface area (Å²) in [6.07, 6.45) is 0.300. The number of amides is 1. The van der Waals surface area contributed by atoms with Crippen molar-refractivity contribution in [3.05, 3.63) is 52.5 Å². The van der Waals surface area contributed by atoms with Crippen molar-refractivity contribution in [3.63, 3.8) is 0 Å². The zero-order chi connectivity index (χ0) is 18.5. The van der Waals surface area contributed by atoms with Crippen molar-refractivity contribution in [1.29, 1.82) is 0 Å². The second-order valence-electron chi connectivity index (χ2n) is 6.29. The predicted molar refractivity (Wildman–Crippen MR) is 105 cm³/mol. The van der Waals surface area contributed by atoms with Gasteiger partial charge in [0.1, 0.15) is 5.75 Å². The van der Waals surface area contributed by atoms with Gasteiger partial charge in [-0.15, -0.1) is 0 Å². The van der Waals surface area contributed by atoms with E-state index in [1.807, 2.05) is 25.1 Å². The van der Waals surface area contributed by atoms with Gasteiger partial charge in [-0.05, 0) is 36.2 Å². The van der Waals surface area contributed by atoms with E-state index in [1.165, 1.54) is 0 Å². The van der Waals surface area contributed by atoms with Crippen molar-refractivity contribution in [3.8, 4) is 5.75 Å². The molecular formula is C20H23ClN2O3. The molecule has 0 unspecified atom stereocenters. The van der Waals surface area contributed by atoms with Crippen LogP contribution in [0.4, 0.5) is 11.4 Å². The Kier molecular flexibility index (Phi) is 6.01. The fourth-order valence-electron chi connectivity index (χ4n) is 2.96. The van der Waals surface area contributed by atoms with E-state index in [1.54, 1.807) is 13.2 Å². The second kappa shape index (κ2) is 8.43. The number of morpholine rings is 1. The van der Waals surface area contributed by atoms with Crippen molar-refractivity contribution in [2.24, 2.45) is 0 Å². The van der Waals surface area contributed by atoms with Gasteiger partial charge >= 0.3 is 0 Å². The molecule has 1 fully saturated rings. The first-order valence-corrected chi connectivity index (χ1v) is 9.00. The Bertz CT molecular complexity index is 771. The summed E-state index contributed by atoms with van der Waals surface area (Å²) in [5.74, 6) is 0.459. The van der Waals surface area contributed by atoms with E-state index in [4.69, 9.17) is 21.1 Å². The standard InChI is InChI=1S/C20H23ClN2O3/c1-14-11-18(19(25-2)13-17(14)21)22-20(24)12-15-3-5-16(6-4-15)23-7-9-26-10-8-23/h3-6,11,13H,7-10,12H2,1-2H3,(H,22,24). The van der Waals surface area contributed by atoms with E-state index in [2.05, 4.69) is 22.3 Å². The first-order chi connectivity index (χ1) is 12.6. The topological polar surface area (TPSA) is 50.8 Å². The molecule has 0 radical (unpaired) electrons. The maximum Gasteiger partial charge on any atom is 0.228 e. The molecule has 0 saturated carbocycles. The highest BCUT2D eigenvalue weighted by atomic mass is 35.5. The zero-order valence-corrected chi connectivity index (χ0v) is 15.8. The van der Waals surface area contributed by atoms with Crippen molar-refractivity contribution < 1.29 is 14.3 Å². The highest BCUT2D eigenvalue weighted by Crippen LogP contribution is 2.31. The van der Waals surface area contributed by atoms with E-state index < -0.39 is 0 Å². The van der Waals surface area contributed by atoms with Gasteiger partial charge in [0.15, 0.2) is 0 Å². The Morgan fingerprint density at radius 1 is 1.23 bits per heavy atom. The van der Waals surface area contributed by atoms with E-state index in [9.17, 15) is 4.79 Å². The Morgan fingerprint density at radius 2 is 1.92 bits per heavy atom. The molecule has 1 aliphatic rings. The van der Waals surface area contributed by atoms with Crippen LogP contribution in [-0.4, -0.2) is 39.3 Å². The second-order valence-corrected chi connectivity index (χ2v) is 6.70. The number of nitrogens with zero attached hydrogens (tertiary/aromatic N) is 1. The maximum atomic E-state index is 12.4. The third kappa shape index (κ3) is 4.48. The van der Waals surface area contributed by atoms with Gasteiger partial charge in [0.05, 0.1) is 32.4 Å². The molecule has 1 aliphatic heterocycles. The molecule has 3 rings (SSSR count). The van der Waals surface area contributed by atoms with E-state index in [0.717, 1.165) is 43.1 Å². The number of methoxy groups -OCH3 is 1. The Balaban J connectivity index is 1.64. The van der Waals surface area contributed by atoms with Crippen LogP contribution in [0.3, 0.4) is 0 Å². The summed E-state index contributed by atoms with van der Waals surface area (Å²) in [4.78, 5) is 14.7. The minimum atomic E-state index is -0.0934. The summed E-state index contributed by atoms with van der Waals surface area (Å²) in [5, 5.41) is 3.52. The number of rotatable bonds is 5. The summed E-state index contributed by atoms with van der Waals surface area (Å²) >= 11 is 6.11. The lowest BCUT2D eigenvalue weighted by molar-refractivity contribution is -0.115. The van der Waals surface area contributed by atoms with Crippen LogP contribution in [0.15, 0.2) is 36.4 Å². The van der Waals surface area contributed by atoms with Gasteiger partial charge in [-0.1, -0.05) is 23.7 Å². The number of anilines is 2. The molecule has 0 bridgehead atoms. The van der Waals surface area contributed by atoms with Crippen LogP contribution < -0.4 is 15.0 Å². The van der Waals surface area contributed by atoms with E-state index in [0.29, 0.717) is 22.9 Å². The van der Waals surface area contributed by atoms with Crippen molar-refractivity contribution in [1.82, 2.24) is 0 Å². The number of ether oxygens (including phenoxy) is 2. The molecule has 0 spiro atoms. The summed E-state index contributed by atoms with van der Waals surface area (Å²) in [6, 6.07) is 11.6. The van der Waals surface area contributed by atoms with Crippen LogP contribution in [0.1, 0.15) is 11.1 Å². The molecule has 1 saturated heterocycles. The Labute approximate surface area is 158 Å². The average molecular weight is 375 g/mol. The predicted octanol–water partition coefficient (Wildman–Crippen LogP) is 3.67. The quantitative estimate of drug-likeness (QED) is 0.867. The molecule has 2 aromatic carbocycles. The third-order valence-corrected chi connectivity index (χ3v) is 4.84. The van der Waals surface area contributed by atoms with E-state index >= 15 is 0 Å². The van der Waals surface area contributed by atoms with Gasteiger partial charge in [-0.3, -0.25) is 4.79 Å². The SMILES string of the molecule is COc1cc(Cl)c(C)cc1NC(=O)Cc1ccc(N2CCOCC2)cc1. The molecule has 5 nitrogen and oxygen atoms in total. The maximum absolute atomic E-state index is 12.4. The summed E-state index contributed by atoms with van der Waals surface area (Å²) in [7, 11) is 1.56. The molecule has 138 valence electrons. The molecule has 0 aliphatic carbocycles. The number of carbonyl (C=O) groups excluding carboxylic acids is 1. The summed E-state index contributed by atoms with van der Waals surface area (Å²) in [6.45, 7) is 5.20. The summed E-state index contributed by atoms with van der Waals surface area (Å²) < 4.78 is 10.7. The normalized spacial score (nSPS) is 14.2. The minimum Gasteiger partial charge on any atom is -0.495 e. The molecule has 1 N–H and O–H groups in total. The van der Waals surface area contributed by atoms with Crippen molar-refractivity contribution in [2.45, 2.75) is 13.3 Å². The highest BCUT2D eigenvalue weighted by Gasteiger charge is 2.13. The Hall–Kier alpha value is -2.24. The van der Waals surface area contributed by atoms with E-state index in [-0.39, 0.29) is 5.91 Å². The Morgan fingerprint density at radius 3 is 2.58 bits per heavy atom. The third-order valence-electron chi connectivity index (χ3n) is 4.43. The van der Waals surface area contributed by atoms with Gasteiger partial charge in [0, 0.05) is 29.9 Å². The monoisotopic (exact) mass is 374 g/mol. The van der Waals surface area contributed by atoms with Crippen molar-refractivity contribution >= 4 is 28.9 Å². The van der Waals surface area contributed by atoms with Crippen LogP contribution in [0.2, 0.25) is 5.02 Å². The largest absolute Gasteiger partial charge is 0.495 e. The number of carbonyl (C=O) groups is 1. The molecule has 1 heterocycles. The lowest BCUT2D eigenvalue weighted by Gasteiger charge is -2.28. The van der Waals surface area contributed by atoms with Gasteiger partial charge < -0.3 is 19.7 Å². The molecule has 6 heteroatoms. The summed E-state index contributed by atoms with van der Waals surface area (Å²) in [5.41, 5.74) is 3.64. The minimum absolute atomic E-state index is 0.0934. The lowest BCUT2D eigenvalue weighted by atomic mass is 10.1. The molecule has 2 aromatic rings. The first kappa shape index (κ1) is 18.5. The fraction of sp³-hybridized carbons (Fsp3) is 0.350. The molecule has 0 aromatic heterocycles. The van der Waals surface area contributed by atoms with Crippen LogP contribution in [0.25, 0.3) is 0 Å². The van der Waals surface area contributed by atoms with Gasteiger partial charge in [-0.2, -0.15) is 0 Å². The highest BCUT2D eigenvalue weighted by molar-refractivity contribution is 6.31. The van der Waals surface area contributed by atoms with Crippen LogP contribution in [0, 0.1) is 6.92 Å². The molecular weight excluding hydrogens is 352 g/mol. The smallest absolute Gasteiger partial charge is 0.228 e. The van der Waals surface area contributed by atoms with Gasteiger partial charge in [-0.25, -0.2) is 0 Å². The number of hydrogen-bond acceptors (Lipinski definition) is 4. The van der Waals surface area contributed by atoms with Crippen molar-refractivity contribution in [2.75, 3.05) is 43.6 Å². The fourth-order valence-corrected chi connectivity index (χ4v) is 3.11. The molecule has 26 heavy (non-hydrogen) atoms. The van der Waals surface area contributed by atoms with Crippen LogP contribution in [0.5, 0.6) is 5.75 Å². The first-order valence-electron chi connectivity index (χ1n) is 8.62. The number of hydrogen-bond donors (Lipinski definition) is 1. The van der Waals surface area contributed by atoms with Gasteiger partial charge in [0.2, 0.25) is 5.91 Å². The zero-order valence-electron chi connectivity index (χ0n) is 15.0. The number of benzene rings is 2. The van der Waals surface area contributed by atoms with Gasteiger partial charge in [0.25, 0.3) is 0 Å². The molecule has 1 amide bonds.